The van der Waals surface area contributed by atoms with E-state index >= 15 is 0 Å². The van der Waals surface area contributed by atoms with E-state index in [2.05, 4.69) is 10.6 Å². The Bertz CT molecular complexity index is 468. The van der Waals surface area contributed by atoms with E-state index in [-0.39, 0.29) is 18.1 Å². The maximum Gasteiger partial charge on any atom is 0.314 e. The molecule has 0 aliphatic rings. The van der Waals surface area contributed by atoms with Crippen molar-refractivity contribution in [2.75, 3.05) is 20.2 Å². The summed E-state index contributed by atoms with van der Waals surface area (Å²) in [6.45, 7) is 4.66. The number of hydrogen-bond donors (Lipinski definition) is 3. The van der Waals surface area contributed by atoms with Gasteiger partial charge in [0.15, 0.2) is 0 Å². The molecule has 0 bridgehead atoms. The topological polar surface area (TPSA) is 70.6 Å². The van der Waals surface area contributed by atoms with Gasteiger partial charge in [-0.25, -0.2) is 4.79 Å². The first kappa shape index (κ1) is 18.7. The Hall–Kier alpha value is -1.30. The number of aliphatic hydroxyl groups excluding tert-OH is 1. The molecule has 0 spiro atoms. The quantitative estimate of drug-likeness (QED) is 0.687. The molecule has 0 fully saturated rings. The highest BCUT2D eigenvalue weighted by atomic mass is 35.5. The third-order valence-electron chi connectivity index (χ3n) is 3.45. The van der Waals surface area contributed by atoms with Gasteiger partial charge in [0.25, 0.3) is 0 Å². The Kier molecular flexibility index (Phi) is 8.24. The number of halogens is 1. The zero-order valence-corrected chi connectivity index (χ0v) is 14.1. The average Bonchev–Trinajstić information content (AvgIpc) is 2.47. The fourth-order valence-corrected chi connectivity index (χ4v) is 2.16. The molecule has 124 valence electrons. The predicted molar refractivity (Wildman–Crippen MR) is 88.1 cm³/mol. The van der Waals surface area contributed by atoms with E-state index in [1.54, 1.807) is 13.2 Å². The summed E-state index contributed by atoms with van der Waals surface area (Å²) >= 11 is 5.95. The second-order valence-corrected chi connectivity index (χ2v) is 5.95. The first-order chi connectivity index (χ1) is 10.4. The monoisotopic (exact) mass is 328 g/mol. The van der Waals surface area contributed by atoms with Crippen LogP contribution < -0.4 is 10.6 Å². The first-order valence-electron chi connectivity index (χ1n) is 7.42. The molecular formula is C16H25ClN2O3. The molecule has 3 N–H and O–H groups in total. The van der Waals surface area contributed by atoms with Gasteiger partial charge in [-0.1, -0.05) is 37.6 Å². The van der Waals surface area contributed by atoms with E-state index in [0.717, 1.165) is 5.56 Å². The molecule has 0 aliphatic carbocycles. The van der Waals surface area contributed by atoms with Crippen LogP contribution in [0.15, 0.2) is 24.3 Å². The van der Waals surface area contributed by atoms with Gasteiger partial charge in [-0.15, -0.1) is 0 Å². The number of urea groups is 1. The number of aliphatic hydroxyl groups is 1. The molecule has 0 aliphatic heterocycles. The molecule has 2 atom stereocenters. The van der Waals surface area contributed by atoms with Crippen LogP contribution in [0.3, 0.4) is 0 Å². The number of carbonyl (C=O) groups is 1. The minimum Gasteiger partial charge on any atom is -0.393 e. The zero-order valence-electron chi connectivity index (χ0n) is 13.3. The Morgan fingerprint density at radius 1 is 1.36 bits per heavy atom. The van der Waals surface area contributed by atoms with Crippen molar-refractivity contribution in [3.05, 3.63) is 34.9 Å². The summed E-state index contributed by atoms with van der Waals surface area (Å²) in [4.78, 5) is 11.7. The summed E-state index contributed by atoms with van der Waals surface area (Å²) < 4.78 is 5.37. The first-order valence-corrected chi connectivity index (χ1v) is 7.79. The molecule has 1 rings (SSSR count). The van der Waals surface area contributed by atoms with Gasteiger partial charge >= 0.3 is 6.03 Å². The predicted octanol–water partition coefficient (Wildman–Crippen LogP) is 2.73. The van der Waals surface area contributed by atoms with Crippen molar-refractivity contribution >= 4 is 17.6 Å². The Morgan fingerprint density at radius 3 is 2.68 bits per heavy atom. The number of ether oxygens (including phenoxy) is 1. The van der Waals surface area contributed by atoms with Gasteiger partial charge in [-0.2, -0.15) is 0 Å². The van der Waals surface area contributed by atoms with Crippen molar-refractivity contribution in [1.82, 2.24) is 10.6 Å². The largest absolute Gasteiger partial charge is 0.393 e. The van der Waals surface area contributed by atoms with Crippen molar-refractivity contribution in [1.29, 1.82) is 0 Å². The minimum atomic E-state index is -0.404. The number of rotatable bonds is 8. The Labute approximate surface area is 137 Å². The molecule has 1 aromatic rings. The molecular weight excluding hydrogens is 304 g/mol. The van der Waals surface area contributed by atoms with Crippen LogP contribution in [0, 0.1) is 5.92 Å². The average molecular weight is 329 g/mol. The van der Waals surface area contributed by atoms with Gasteiger partial charge in [0.2, 0.25) is 0 Å². The number of amides is 2. The molecule has 22 heavy (non-hydrogen) atoms. The number of nitrogens with one attached hydrogen (secondary N) is 2. The van der Waals surface area contributed by atoms with Crippen molar-refractivity contribution in [3.63, 3.8) is 0 Å². The van der Waals surface area contributed by atoms with Crippen molar-refractivity contribution in [3.8, 4) is 0 Å². The van der Waals surface area contributed by atoms with E-state index in [1.165, 1.54) is 0 Å². The highest BCUT2D eigenvalue weighted by Crippen LogP contribution is 2.19. The molecule has 1 aromatic carbocycles. The van der Waals surface area contributed by atoms with Crippen LogP contribution in [0.1, 0.15) is 31.9 Å². The smallest absolute Gasteiger partial charge is 0.314 e. The van der Waals surface area contributed by atoms with E-state index in [0.29, 0.717) is 24.5 Å². The Morgan fingerprint density at radius 2 is 2.09 bits per heavy atom. The summed E-state index contributed by atoms with van der Waals surface area (Å²) in [5.41, 5.74) is 0.908. The lowest BCUT2D eigenvalue weighted by Crippen LogP contribution is -2.39. The summed E-state index contributed by atoms with van der Waals surface area (Å²) in [5, 5.41) is 15.8. The lowest BCUT2D eigenvalue weighted by molar-refractivity contribution is 0.103. The summed E-state index contributed by atoms with van der Waals surface area (Å²) in [6.07, 6.45) is -0.128. The standard InChI is InChI=1S/C16H25ClN2O3/c1-11(2)14(20)7-8-18-16(21)19-10-15(22-3)12-5-4-6-13(17)9-12/h4-6,9,11,14-15,20H,7-8,10H2,1-3H3,(H2,18,19,21). The summed E-state index contributed by atoms with van der Waals surface area (Å²) in [6, 6.07) is 7.07. The highest BCUT2D eigenvalue weighted by Gasteiger charge is 2.13. The maximum atomic E-state index is 11.7. The molecule has 2 unspecified atom stereocenters. The maximum absolute atomic E-state index is 11.7. The van der Waals surface area contributed by atoms with E-state index < -0.39 is 6.10 Å². The van der Waals surface area contributed by atoms with Crippen LogP contribution >= 0.6 is 11.6 Å². The number of hydrogen-bond acceptors (Lipinski definition) is 3. The van der Waals surface area contributed by atoms with E-state index in [9.17, 15) is 9.90 Å². The molecule has 6 heteroatoms. The van der Waals surface area contributed by atoms with Crippen molar-refractivity contribution in [2.24, 2.45) is 5.92 Å². The highest BCUT2D eigenvalue weighted by molar-refractivity contribution is 6.30. The van der Waals surface area contributed by atoms with Crippen molar-refractivity contribution in [2.45, 2.75) is 32.5 Å². The summed E-state index contributed by atoms with van der Waals surface area (Å²) in [5.74, 6) is 0.186. The molecule has 5 nitrogen and oxygen atoms in total. The normalized spacial score (nSPS) is 13.7. The minimum absolute atomic E-state index is 0.186. The Balaban J connectivity index is 2.35. The van der Waals surface area contributed by atoms with Crippen molar-refractivity contribution < 1.29 is 14.6 Å². The van der Waals surface area contributed by atoms with E-state index in [4.69, 9.17) is 16.3 Å². The van der Waals surface area contributed by atoms with Gasteiger partial charge in [0, 0.05) is 25.2 Å². The van der Waals surface area contributed by atoms with Gasteiger partial charge in [-0.05, 0) is 30.0 Å². The molecule has 0 radical (unpaired) electrons. The van der Waals surface area contributed by atoms with Crippen LogP contribution in [0.4, 0.5) is 4.79 Å². The van der Waals surface area contributed by atoms with Gasteiger partial charge < -0.3 is 20.5 Å². The molecule has 0 heterocycles. The van der Waals surface area contributed by atoms with Crippen LogP contribution in [0.2, 0.25) is 5.02 Å². The zero-order chi connectivity index (χ0) is 16.5. The van der Waals surface area contributed by atoms with Gasteiger partial charge in [0.05, 0.1) is 12.2 Å². The molecule has 0 aromatic heterocycles. The number of carbonyl (C=O) groups excluding carboxylic acids is 1. The lowest BCUT2D eigenvalue weighted by atomic mass is 10.0. The second kappa shape index (κ2) is 9.66. The molecule has 2 amide bonds. The van der Waals surface area contributed by atoms with Gasteiger partial charge in [-0.3, -0.25) is 0 Å². The van der Waals surface area contributed by atoms with Crippen LogP contribution in [0.25, 0.3) is 0 Å². The molecule has 0 saturated carbocycles. The van der Waals surface area contributed by atoms with Crippen LogP contribution in [0.5, 0.6) is 0 Å². The third-order valence-corrected chi connectivity index (χ3v) is 3.68. The van der Waals surface area contributed by atoms with E-state index in [1.807, 2.05) is 32.0 Å². The SMILES string of the molecule is COC(CNC(=O)NCCC(O)C(C)C)c1cccc(Cl)c1. The molecule has 0 saturated heterocycles. The third kappa shape index (κ3) is 6.64. The van der Waals surface area contributed by atoms with Crippen LogP contribution in [-0.2, 0) is 4.74 Å². The van der Waals surface area contributed by atoms with Gasteiger partial charge in [0.1, 0.15) is 0 Å². The van der Waals surface area contributed by atoms with Crippen LogP contribution in [-0.4, -0.2) is 37.4 Å². The number of benzene rings is 1. The fourth-order valence-electron chi connectivity index (χ4n) is 1.96. The summed E-state index contributed by atoms with van der Waals surface area (Å²) in [7, 11) is 1.59. The second-order valence-electron chi connectivity index (χ2n) is 5.52. The lowest BCUT2D eigenvalue weighted by Gasteiger charge is -2.18. The fraction of sp³-hybridized carbons (Fsp3) is 0.562. The number of methoxy groups -OCH3 is 1.